The van der Waals surface area contributed by atoms with E-state index in [1.807, 2.05) is 0 Å². The zero-order valence-corrected chi connectivity index (χ0v) is 10.9. The normalized spacial score (nSPS) is 15.1. The van der Waals surface area contributed by atoms with Crippen LogP contribution in [0.4, 0.5) is 10.6 Å². The molecule has 106 valence electrons. The number of benzene rings is 1. The Morgan fingerprint density at radius 1 is 1.24 bits per heavy atom. The zero-order valence-electron chi connectivity index (χ0n) is 10.9. The minimum absolute atomic E-state index is 0.179. The van der Waals surface area contributed by atoms with Crippen molar-refractivity contribution >= 4 is 34.5 Å². The van der Waals surface area contributed by atoms with E-state index in [0.29, 0.717) is 11.2 Å². The van der Waals surface area contributed by atoms with Crippen molar-refractivity contribution in [1.29, 1.82) is 0 Å². The van der Waals surface area contributed by atoms with Crippen LogP contribution < -0.4 is 10.2 Å². The summed E-state index contributed by atoms with van der Waals surface area (Å²) >= 11 is 0. The maximum absolute atomic E-state index is 11.8. The van der Waals surface area contributed by atoms with Gasteiger partial charge in [-0.25, -0.2) is 14.6 Å². The second-order valence-electron chi connectivity index (χ2n) is 4.66. The van der Waals surface area contributed by atoms with Crippen molar-refractivity contribution in [2.75, 3.05) is 11.4 Å². The largest absolute Gasteiger partial charge is 0.478 e. The number of nitrogens with zero attached hydrogens (tertiary/aromatic N) is 2. The number of amides is 3. The van der Waals surface area contributed by atoms with Crippen LogP contribution >= 0.6 is 0 Å². The number of carboxylic acids is 1. The molecule has 0 spiro atoms. The number of hydrogen-bond donors (Lipinski definition) is 2. The summed E-state index contributed by atoms with van der Waals surface area (Å²) < 4.78 is 0. The van der Waals surface area contributed by atoms with Crippen LogP contribution in [0.15, 0.2) is 30.5 Å². The summed E-state index contributed by atoms with van der Waals surface area (Å²) in [4.78, 5) is 39.4. The first-order valence-corrected chi connectivity index (χ1v) is 6.29. The molecule has 0 radical (unpaired) electrons. The van der Waals surface area contributed by atoms with E-state index < -0.39 is 12.0 Å². The fourth-order valence-corrected chi connectivity index (χ4v) is 2.19. The molecule has 21 heavy (non-hydrogen) atoms. The van der Waals surface area contributed by atoms with Crippen molar-refractivity contribution in [3.63, 3.8) is 0 Å². The van der Waals surface area contributed by atoms with Crippen molar-refractivity contribution in [2.45, 2.75) is 6.42 Å². The van der Waals surface area contributed by atoms with E-state index in [1.165, 1.54) is 23.2 Å². The van der Waals surface area contributed by atoms with Crippen LogP contribution in [0.3, 0.4) is 0 Å². The summed E-state index contributed by atoms with van der Waals surface area (Å²) in [5.74, 6) is -0.881. The lowest BCUT2D eigenvalue weighted by Gasteiger charge is -2.25. The first-order chi connectivity index (χ1) is 10.0. The number of anilines is 1. The smallest absolute Gasteiger partial charge is 0.335 e. The second kappa shape index (κ2) is 4.86. The highest BCUT2D eigenvalue weighted by Gasteiger charge is 2.25. The molecule has 3 amide bonds. The highest BCUT2D eigenvalue weighted by molar-refractivity contribution is 6.05. The molecule has 0 unspecified atom stereocenters. The highest BCUT2D eigenvalue weighted by atomic mass is 16.4. The Labute approximate surface area is 119 Å². The van der Waals surface area contributed by atoms with Gasteiger partial charge in [0.15, 0.2) is 0 Å². The van der Waals surface area contributed by atoms with Gasteiger partial charge in [0.1, 0.15) is 5.82 Å². The number of aromatic carboxylic acids is 1. The Balaban J connectivity index is 1.98. The molecule has 2 heterocycles. The molecule has 0 atom stereocenters. The number of aromatic nitrogens is 1. The van der Waals surface area contributed by atoms with Gasteiger partial charge in [-0.1, -0.05) is 6.07 Å². The average molecular weight is 285 g/mol. The lowest BCUT2D eigenvalue weighted by Crippen LogP contribution is -2.49. The number of carbonyl (C=O) groups is 3. The molecule has 1 aliphatic rings. The SMILES string of the molecule is O=C1CCN(c2cc3ccc(C(=O)O)cc3cn2)C(=O)N1. The predicted octanol–water partition coefficient (Wildman–Crippen LogP) is 1.38. The van der Waals surface area contributed by atoms with Crippen molar-refractivity contribution in [2.24, 2.45) is 0 Å². The van der Waals surface area contributed by atoms with Crippen LogP contribution in [0, 0.1) is 0 Å². The van der Waals surface area contributed by atoms with Gasteiger partial charge in [0.25, 0.3) is 0 Å². The van der Waals surface area contributed by atoms with Crippen LogP contribution in [0.1, 0.15) is 16.8 Å². The standard InChI is InChI=1S/C14H11N3O4/c18-12-3-4-17(14(21)16-12)11-6-8-1-2-9(13(19)20)5-10(8)7-15-11/h1-2,5-7H,3-4H2,(H,19,20)(H,16,18,21). The van der Waals surface area contributed by atoms with Gasteiger partial charge in [0.05, 0.1) is 5.56 Å². The first kappa shape index (κ1) is 13.0. The van der Waals surface area contributed by atoms with Crippen molar-refractivity contribution in [3.8, 4) is 0 Å². The number of nitrogens with one attached hydrogen (secondary N) is 1. The second-order valence-corrected chi connectivity index (χ2v) is 4.66. The van der Waals surface area contributed by atoms with Gasteiger partial charge in [-0.2, -0.15) is 0 Å². The van der Waals surface area contributed by atoms with Crippen molar-refractivity contribution in [3.05, 3.63) is 36.0 Å². The van der Waals surface area contributed by atoms with E-state index in [-0.39, 0.29) is 24.4 Å². The Morgan fingerprint density at radius 3 is 2.76 bits per heavy atom. The minimum atomic E-state index is -1.00. The molecule has 3 rings (SSSR count). The summed E-state index contributed by atoms with van der Waals surface area (Å²) in [7, 11) is 0. The molecule has 1 aromatic carbocycles. The van der Waals surface area contributed by atoms with Crippen LogP contribution in [0.5, 0.6) is 0 Å². The quantitative estimate of drug-likeness (QED) is 0.868. The molecule has 1 aromatic heterocycles. The average Bonchev–Trinajstić information content (AvgIpc) is 2.46. The maximum atomic E-state index is 11.8. The lowest BCUT2D eigenvalue weighted by molar-refractivity contribution is -0.120. The van der Waals surface area contributed by atoms with Gasteiger partial charge >= 0.3 is 12.0 Å². The first-order valence-electron chi connectivity index (χ1n) is 6.29. The number of carboxylic acid groups (broad SMARTS) is 1. The third-order valence-electron chi connectivity index (χ3n) is 3.28. The van der Waals surface area contributed by atoms with E-state index in [2.05, 4.69) is 10.3 Å². The van der Waals surface area contributed by atoms with E-state index >= 15 is 0 Å². The topological polar surface area (TPSA) is 99.6 Å². The molecule has 1 fully saturated rings. The third-order valence-corrected chi connectivity index (χ3v) is 3.28. The van der Waals surface area contributed by atoms with Crippen LogP contribution in [0.2, 0.25) is 0 Å². The number of urea groups is 1. The number of carbonyl (C=O) groups excluding carboxylic acids is 2. The maximum Gasteiger partial charge on any atom is 0.335 e. The molecule has 0 aliphatic carbocycles. The zero-order chi connectivity index (χ0) is 15.0. The van der Waals surface area contributed by atoms with E-state index in [0.717, 1.165) is 5.39 Å². The van der Waals surface area contributed by atoms with Gasteiger partial charge in [0.2, 0.25) is 5.91 Å². The summed E-state index contributed by atoms with van der Waals surface area (Å²) in [5.41, 5.74) is 0.179. The summed E-state index contributed by atoms with van der Waals surface area (Å²) in [6.07, 6.45) is 1.74. The molecule has 0 bridgehead atoms. The van der Waals surface area contributed by atoms with Gasteiger partial charge < -0.3 is 5.11 Å². The van der Waals surface area contributed by atoms with Crippen LogP contribution in [-0.4, -0.2) is 34.5 Å². The van der Waals surface area contributed by atoms with Gasteiger partial charge in [-0.15, -0.1) is 0 Å². The van der Waals surface area contributed by atoms with E-state index in [4.69, 9.17) is 5.11 Å². The van der Waals surface area contributed by atoms with Crippen molar-refractivity contribution in [1.82, 2.24) is 10.3 Å². The third kappa shape index (κ3) is 2.40. The lowest BCUT2D eigenvalue weighted by atomic mass is 10.1. The molecule has 1 saturated heterocycles. The van der Waals surface area contributed by atoms with Crippen LogP contribution in [-0.2, 0) is 4.79 Å². The van der Waals surface area contributed by atoms with Gasteiger partial charge in [-0.3, -0.25) is 15.0 Å². The Kier molecular flexibility index (Phi) is 3.02. The number of hydrogen-bond acceptors (Lipinski definition) is 4. The molecular formula is C14H11N3O4. The minimum Gasteiger partial charge on any atom is -0.478 e. The fourth-order valence-electron chi connectivity index (χ4n) is 2.19. The Morgan fingerprint density at radius 2 is 2.05 bits per heavy atom. The van der Waals surface area contributed by atoms with Gasteiger partial charge in [-0.05, 0) is 23.6 Å². The fraction of sp³-hybridized carbons (Fsp3) is 0.143. The summed E-state index contributed by atoms with van der Waals surface area (Å²) in [6, 6.07) is 5.87. The monoisotopic (exact) mass is 285 g/mol. The van der Waals surface area contributed by atoms with Crippen LogP contribution in [0.25, 0.3) is 10.8 Å². The molecule has 2 aromatic rings. The number of fused-ring (bicyclic) bond motifs is 1. The highest BCUT2D eigenvalue weighted by Crippen LogP contribution is 2.22. The van der Waals surface area contributed by atoms with E-state index in [9.17, 15) is 14.4 Å². The molecule has 7 heteroatoms. The number of pyridine rings is 1. The molecule has 0 saturated carbocycles. The summed E-state index contributed by atoms with van der Waals surface area (Å²) in [6.45, 7) is 0.274. The Bertz CT molecular complexity index is 772. The predicted molar refractivity (Wildman–Crippen MR) is 74.2 cm³/mol. The summed E-state index contributed by atoms with van der Waals surface area (Å²) in [5, 5.41) is 12.6. The molecule has 2 N–H and O–H groups in total. The molecule has 1 aliphatic heterocycles. The van der Waals surface area contributed by atoms with E-state index in [1.54, 1.807) is 12.1 Å². The Hall–Kier alpha value is -2.96. The molecular weight excluding hydrogens is 274 g/mol. The van der Waals surface area contributed by atoms with Crippen molar-refractivity contribution < 1.29 is 19.5 Å². The van der Waals surface area contributed by atoms with Gasteiger partial charge in [0, 0.05) is 24.5 Å². The molecule has 7 nitrogen and oxygen atoms in total. The number of rotatable bonds is 2. The number of imide groups is 1.